The van der Waals surface area contributed by atoms with Crippen LogP contribution in [0, 0.1) is 13.8 Å². The molecule has 0 aliphatic rings. The summed E-state index contributed by atoms with van der Waals surface area (Å²) in [6.07, 6.45) is 2.17. The Morgan fingerprint density at radius 1 is 1.53 bits per heavy atom. The monoisotopic (exact) mass is 301 g/mol. The molecular weight excluding hydrogens is 282 g/mol. The lowest BCUT2D eigenvalue weighted by molar-refractivity contribution is 0.0952. The highest BCUT2D eigenvalue weighted by atomic mass is 79.9. The quantitative estimate of drug-likeness (QED) is 0.849. The van der Waals surface area contributed by atoms with Gasteiger partial charge in [-0.3, -0.25) is 9.48 Å². The zero-order valence-electron chi connectivity index (χ0n) is 10.9. The minimum absolute atomic E-state index is 0.0337. The van der Waals surface area contributed by atoms with E-state index in [1.807, 2.05) is 20.9 Å². The summed E-state index contributed by atoms with van der Waals surface area (Å²) < 4.78 is 1.74. The van der Waals surface area contributed by atoms with Crippen LogP contribution in [0.5, 0.6) is 0 Å². The van der Waals surface area contributed by atoms with E-state index in [0.29, 0.717) is 16.9 Å². The summed E-state index contributed by atoms with van der Waals surface area (Å²) in [7, 11) is 1.85. The molecule has 5 heteroatoms. The van der Waals surface area contributed by atoms with E-state index in [-0.39, 0.29) is 5.91 Å². The summed E-state index contributed by atoms with van der Waals surface area (Å²) >= 11 is 3.55. The summed E-state index contributed by atoms with van der Waals surface area (Å²) in [5, 5.41) is 7.18. The number of hydrogen-bond acceptors (Lipinski definition) is 2. The first-order chi connectivity index (χ1) is 7.97. The summed E-state index contributed by atoms with van der Waals surface area (Å²) in [6, 6.07) is 0. The maximum atomic E-state index is 12.0. The molecule has 1 atom stereocenters. The van der Waals surface area contributed by atoms with E-state index in [9.17, 15) is 4.79 Å². The molecule has 96 valence electrons. The van der Waals surface area contributed by atoms with Crippen LogP contribution >= 0.6 is 15.9 Å². The van der Waals surface area contributed by atoms with Crippen molar-refractivity contribution in [3.05, 3.63) is 17.0 Å². The van der Waals surface area contributed by atoms with Crippen LogP contribution in [0.3, 0.4) is 0 Å². The lowest BCUT2D eigenvalue weighted by Gasteiger charge is -2.10. The molecule has 0 aliphatic heterocycles. The van der Waals surface area contributed by atoms with Crippen molar-refractivity contribution in [1.29, 1.82) is 0 Å². The van der Waals surface area contributed by atoms with Gasteiger partial charge < -0.3 is 5.32 Å². The molecular formula is C12H20BrN3O. The Bertz CT molecular complexity index is 401. The number of aryl methyl sites for hydroxylation is 2. The summed E-state index contributed by atoms with van der Waals surface area (Å²) in [5.41, 5.74) is 2.38. The molecule has 0 bridgehead atoms. The number of carbonyl (C=O) groups excluding carboxylic acids is 1. The van der Waals surface area contributed by atoms with Gasteiger partial charge in [0.25, 0.3) is 5.91 Å². The molecule has 1 N–H and O–H groups in total. The largest absolute Gasteiger partial charge is 0.351 e. The molecule has 1 amide bonds. The van der Waals surface area contributed by atoms with Gasteiger partial charge in [-0.05, 0) is 20.3 Å². The van der Waals surface area contributed by atoms with Crippen molar-refractivity contribution < 1.29 is 4.79 Å². The average Bonchev–Trinajstić information content (AvgIpc) is 2.50. The van der Waals surface area contributed by atoms with Crippen molar-refractivity contribution in [2.75, 3.05) is 6.54 Å². The second-order valence-corrected chi connectivity index (χ2v) is 5.56. The Balaban J connectivity index is 2.64. The standard InChI is InChI=1S/C12H20BrN3O/c1-5-6-10(13)7-14-12(17)11-8(2)15-16(4)9(11)3/h10H,5-7H2,1-4H3,(H,14,17). The zero-order chi connectivity index (χ0) is 13.0. The van der Waals surface area contributed by atoms with Crippen LogP contribution in [0.25, 0.3) is 0 Å². The number of rotatable bonds is 5. The van der Waals surface area contributed by atoms with Crippen LogP contribution in [0.15, 0.2) is 0 Å². The lowest BCUT2D eigenvalue weighted by atomic mass is 10.2. The highest BCUT2D eigenvalue weighted by Crippen LogP contribution is 2.12. The molecule has 1 heterocycles. The van der Waals surface area contributed by atoms with E-state index >= 15 is 0 Å². The van der Waals surface area contributed by atoms with E-state index in [0.717, 1.165) is 24.2 Å². The molecule has 17 heavy (non-hydrogen) atoms. The van der Waals surface area contributed by atoms with Crippen LogP contribution in [0.4, 0.5) is 0 Å². The molecule has 0 radical (unpaired) electrons. The van der Waals surface area contributed by atoms with E-state index in [4.69, 9.17) is 0 Å². The highest BCUT2D eigenvalue weighted by Gasteiger charge is 2.17. The van der Waals surface area contributed by atoms with Gasteiger partial charge >= 0.3 is 0 Å². The van der Waals surface area contributed by atoms with Crippen LogP contribution in [-0.2, 0) is 7.05 Å². The summed E-state index contributed by atoms with van der Waals surface area (Å²) in [6.45, 7) is 6.55. The van der Waals surface area contributed by atoms with Gasteiger partial charge in [-0.2, -0.15) is 5.10 Å². The summed E-state index contributed by atoms with van der Waals surface area (Å²) in [5.74, 6) is -0.0337. The number of nitrogens with one attached hydrogen (secondary N) is 1. The van der Waals surface area contributed by atoms with Gasteiger partial charge in [0.1, 0.15) is 0 Å². The molecule has 0 aliphatic carbocycles. The van der Waals surface area contributed by atoms with Gasteiger partial charge in [-0.1, -0.05) is 29.3 Å². The molecule has 1 aromatic rings. The van der Waals surface area contributed by atoms with Crippen molar-refractivity contribution in [3.8, 4) is 0 Å². The minimum atomic E-state index is -0.0337. The maximum absolute atomic E-state index is 12.0. The number of alkyl halides is 1. The third-order valence-corrected chi connectivity index (χ3v) is 3.60. The van der Waals surface area contributed by atoms with E-state index in [1.165, 1.54) is 0 Å². The first kappa shape index (κ1) is 14.2. The molecule has 0 saturated carbocycles. The third kappa shape index (κ3) is 3.56. The number of hydrogen-bond donors (Lipinski definition) is 1. The van der Waals surface area contributed by atoms with Gasteiger partial charge in [0.05, 0.1) is 11.3 Å². The van der Waals surface area contributed by atoms with Crippen LogP contribution < -0.4 is 5.32 Å². The Morgan fingerprint density at radius 3 is 2.65 bits per heavy atom. The molecule has 4 nitrogen and oxygen atoms in total. The predicted octanol–water partition coefficient (Wildman–Crippen LogP) is 2.33. The van der Waals surface area contributed by atoms with Gasteiger partial charge in [-0.15, -0.1) is 0 Å². The number of carbonyl (C=O) groups is 1. The van der Waals surface area contributed by atoms with Crippen molar-refractivity contribution in [2.45, 2.75) is 38.4 Å². The highest BCUT2D eigenvalue weighted by molar-refractivity contribution is 9.09. The molecule has 0 saturated heterocycles. The topological polar surface area (TPSA) is 46.9 Å². The minimum Gasteiger partial charge on any atom is -0.351 e. The normalized spacial score (nSPS) is 12.5. The number of aromatic nitrogens is 2. The molecule has 0 aromatic carbocycles. The van der Waals surface area contributed by atoms with Crippen molar-refractivity contribution in [1.82, 2.24) is 15.1 Å². The first-order valence-corrected chi connectivity index (χ1v) is 6.81. The molecule has 0 spiro atoms. The summed E-state index contributed by atoms with van der Waals surface area (Å²) in [4.78, 5) is 12.4. The number of nitrogens with zero attached hydrogens (tertiary/aromatic N) is 2. The second kappa shape index (κ2) is 6.19. The molecule has 1 rings (SSSR count). The number of amides is 1. The maximum Gasteiger partial charge on any atom is 0.255 e. The van der Waals surface area contributed by atoms with Crippen molar-refractivity contribution in [3.63, 3.8) is 0 Å². The van der Waals surface area contributed by atoms with Gasteiger partial charge in [-0.25, -0.2) is 0 Å². The van der Waals surface area contributed by atoms with Gasteiger partial charge in [0.2, 0.25) is 0 Å². The number of halogens is 1. The van der Waals surface area contributed by atoms with E-state index in [1.54, 1.807) is 4.68 Å². The van der Waals surface area contributed by atoms with Crippen LogP contribution in [0.1, 0.15) is 41.5 Å². The lowest BCUT2D eigenvalue weighted by Crippen LogP contribution is -2.30. The SMILES string of the molecule is CCCC(Br)CNC(=O)c1c(C)nn(C)c1C. The molecule has 0 fully saturated rings. The van der Waals surface area contributed by atoms with Crippen LogP contribution in [0.2, 0.25) is 0 Å². The van der Waals surface area contributed by atoms with Gasteiger partial charge in [0.15, 0.2) is 0 Å². The zero-order valence-corrected chi connectivity index (χ0v) is 12.5. The fourth-order valence-electron chi connectivity index (χ4n) is 1.81. The van der Waals surface area contributed by atoms with Crippen molar-refractivity contribution in [2.24, 2.45) is 7.05 Å². The third-order valence-electron chi connectivity index (χ3n) is 2.82. The van der Waals surface area contributed by atoms with Crippen molar-refractivity contribution >= 4 is 21.8 Å². The van der Waals surface area contributed by atoms with Gasteiger partial charge in [0, 0.05) is 24.1 Å². The smallest absolute Gasteiger partial charge is 0.255 e. The van der Waals surface area contributed by atoms with E-state index < -0.39 is 0 Å². The van der Waals surface area contributed by atoms with Crippen LogP contribution in [-0.4, -0.2) is 27.1 Å². The predicted molar refractivity (Wildman–Crippen MR) is 72.6 cm³/mol. The molecule has 1 aromatic heterocycles. The average molecular weight is 302 g/mol. The molecule has 1 unspecified atom stereocenters. The Labute approximate surface area is 111 Å². The Kier molecular flexibility index (Phi) is 5.18. The first-order valence-electron chi connectivity index (χ1n) is 5.89. The van der Waals surface area contributed by atoms with E-state index in [2.05, 4.69) is 33.3 Å². The fraction of sp³-hybridized carbons (Fsp3) is 0.667. The Morgan fingerprint density at radius 2 is 2.18 bits per heavy atom. The fourth-order valence-corrected chi connectivity index (χ4v) is 2.43. The Hall–Kier alpha value is -0.840. The second-order valence-electron chi connectivity index (χ2n) is 4.27.